The number of carbonyl (C=O) groups is 2. The van der Waals surface area contributed by atoms with Crippen molar-refractivity contribution in [2.24, 2.45) is 0 Å². The molecule has 0 saturated heterocycles. The van der Waals surface area contributed by atoms with Crippen molar-refractivity contribution >= 4 is 27.5 Å². The minimum Gasteiger partial charge on any atom is -0.494 e. The van der Waals surface area contributed by atoms with Crippen LogP contribution in [0.4, 0.5) is 5.69 Å². The van der Waals surface area contributed by atoms with Crippen molar-refractivity contribution in [1.82, 2.24) is 0 Å². The van der Waals surface area contributed by atoms with Gasteiger partial charge in [-0.25, -0.2) is 13.2 Å². The molecular weight excluding hydrogens is 394 g/mol. The molecule has 2 rings (SSSR count). The first-order valence-corrected chi connectivity index (χ1v) is 11.1. The molecule has 0 aliphatic carbocycles. The third kappa shape index (κ3) is 7.23. The number of anilines is 1. The number of hydrogen-bond acceptors (Lipinski definition) is 6. The van der Waals surface area contributed by atoms with Crippen LogP contribution in [0.5, 0.6) is 5.75 Å². The largest absolute Gasteiger partial charge is 0.494 e. The second-order valence-corrected chi connectivity index (χ2v) is 8.34. The second-order valence-electron chi connectivity index (χ2n) is 6.59. The van der Waals surface area contributed by atoms with Crippen molar-refractivity contribution in [2.75, 3.05) is 17.6 Å². The second kappa shape index (κ2) is 10.1. The van der Waals surface area contributed by atoms with Crippen LogP contribution < -0.4 is 9.46 Å². The van der Waals surface area contributed by atoms with Gasteiger partial charge in [0.2, 0.25) is 15.8 Å². The van der Waals surface area contributed by atoms with Crippen LogP contribution in [0.1, 0.15) is 47.4 Å². The third-order valence-electron chi connectivity index (χ3n) is 3.98. The molecule has 1 atom stereocenters. The molecule has 2 aromatic rings. The highest BCUT2D eigenvalue weighted by molar-refractivity contribution is 7.92. The highest BCUT2D eigenvalue weighted by Gasteiger charge is 2.20. The predicted octanol–water partition coefficient (Wildman–Crippen LogP) is 3.67. The van der Waals surface area contributed by atoms with Gasteiger partial charge < -0.3 is 9.47 Å². The van der Waals surface area contributed by atoms with Crippen molar-refractivity contribution in [3.63, 3.8) is 0 Å². The summed E-state index contributed by atoms with van der Waals surface area (Å²) in [6.07, 6.45) is 2.04. The fourth-order valence-electron chi connectivity index (χ4n) is 2.46. The summed E-state index contributed by atoms with van der Waals surface area (Å²) in [6, 6.07) is 12.4. The number of ether oxygens (including phenoxy) is 2. The van der Waals surface area contributed by atoms with Crippen molar-refractivity contribution in [1.29, 1.82) is 0 Å². The van der Waals surface area contributed by atoms with E-state index in [9.17, 15) is 18.0 Å². The first-order chi connectivity index (χ1) is 13.7. The lowest BCUT2D eigenvalue weighted by molar-refractivity contribution is 0.0319. The monoisotopic (exact) mass is 419 g/mol. The summed E-state index contributed by atoms with van der Waals surface area (Å²) in [5.74, 6) is -0.327. The molecule has 29 heavy (non-hydrogen) atoms. The van der Waals surface area contributed by atoms with Crippen molar-refractivity contribution in [2.45, 2.75) is 32.8 Å². The molecule has 0 spiro atoms. The molecule has 156 valence electrons. The molecule has 0 fully saturated rings. The topological polar surface area (TPSA) is 98.8 Å². The summed E-state index contributed by atoms with van der Waals surface area (Å²) in [7, 11) is -3.40. The van der Waals surface area contributed by atoms with Crippen LogP contribution in [0.2, 0.25) is 0 Å². The van der Waals surface area contributed by atoms with Crippen molar-refractivity contribution in [3.05, 3.63) is 59.7 Å². The number of nitrogens with one attached hydrogen (secondary N) is 1. The summed E-state index contributed by atoms with van der Waals surface area (Å²) in [5, 5.41) is 0. The standard InChI is InChI=1S/C21H25NO6S/c1-4-5-14-27-19-12-8-17(9-13-19)21(24)28-15(2)20(23)16-6-10-18(11-7-16)22-29(3,25)26/h6-13,15,22H,4-5,14H2,1-3H3. The molecule has 0 aliphatic rings. The van der Waals surface area contributed by atoms with Gasteiger partial charge in [0, 0.05) is 11.3 Å². The van der Waals surface area contributed by atoms with Gasteiger partial charge in [-0.1, -0.05) is 13.3 Å². The van der Waals surface area contributed by atoms with Gasteiger partial charge in [0.15, 0.2) is 6.10 Å². The number of Topliss-reactive ketones (excluding diaryl/α,β-unsaturated/α-hetero) is 1. The number of benzene rings is 2. The molecular formula is C21H25NO6S. The molecule has 0 amide bonds. The van der Waals surface area contributed by atoms with Gasteiger partial charge in [0.25, 0.3) is 0 Å². The van der Waals surface area contributed by atoms with E-state index in [-0.39, 0.29) is 5.78 Å². The quantitative estimate of drug-likeness (QED) is 0.358. The highest BCUT2D eigenvalue weighted by atomic mass is 32.2. The number of unbranched alkanes of at least 4 members (excludes halogenated alkanes) is 1. The Hall–Kier alpha value is -2.87. The molecule has 7 nitrogen and oxygen atoms in total. The maximum Gasteiger partial charge on any atom is 0.338 e. The Labute approximate surface area is 171 Å². The van der Waals surface area contributed by atoms with E-state index in [1.807, 2.05) is 0 Å². The van der Waals surface area contributed by atoms with Crippen LogP contribution in [0, 0.1) is 0 Å². The zero-order valence-corrected chi connectivity index (χ0v) is 17.5. The Kier molecular flexibility index (Phi) is 7.78. The third-order valence-corrected chi connectivity index (χ3v) is 4.59. The zero-order chi connectivity index (χ0) is 21.4. The fourth-order valence-corrected chi connectivity index (χ4v) is 3.02. The summed E-state index contributed by atoms with van der Waals surface area (Å²) in [6.45, 7) is 4.18. The molecule has 0 saturated carbocycles. The average molecular weight is 419 g/mol. The molecule has 0 aliphatic heterocycles. The Morgan fingerprint density at radius 2 is 1.59 bits per heavy atom. The first kappa shape index (κ1) is 22.4. The van der Waals surface area contributed by atoms with Crippen LogP contribution >= 0.6 is 0 Å². The first-order valence-electron chi connectivity index (χ1n) is 9.25. The van der Waals surface area contributed by atoms with Crippen molar-refractivity contribution < 1.29 is 27.5 Å². The van der Waals surface area contributed by atoms with Crippen LogP contribution in [0.25, 0.3) is 0 Å². The van der Waals surface area contributed by atoms with Gasteiger partial charge in [-0.15, -0.1) is 0 Å². The van der Waals surface area contributed by atoms with Crippen LogP contribution in [0.15, 0.2) is 48.5 Å². The van der Waals surface area contributed by atoms with Gasteiger partial charge in [-0.2, -0.15) is 0 Å². The van der Waals surface area contributed by atoms with Gasteiger partial charge in [-0.05, 0) is 61.9 Å². The smallest absolute Gasteiger partial charge is 0.338 e. The fraction of sp³-hybridized carbons (Fsp3) is 0.333. The molecule has 0 aromatic heterocycles. The van der Waals surface area contributed by atoms with Crippen LogP contribution in [-0.2, 0) is 14.8 Å². The lowest BCUT2D eigenvalue weighted by Gasteiger charge is -2.13. The van der Waals surface area contributed by atoms with Gasteiger partial charge >= 0.3 is 5.97 Å². The molecule has 1 N–H and O–H groups in total. The Morgan fingerprint density at radius 3 is 2.14 bits per heavy atom. The van der Waals surface area contributed by atoms with Crippen LogP contribution in [-0.4, -0.2) is 39.1 Å². The lowest BCUT2D eigenvalue weighted by Crippen LogP contribution is -2.24. The lowest BCUT2D eigenvalue weighted by atomic mass is 10.1. The maximum absolute atomic E-state index is 12.5. The van der Waals surface area contributed by atoms with Gasteiger partial charge in [0.05, 0.1) is 18.4 Å². The van der Waals surface area contributed by atoms with Crippen LogP contribution in [0.3, 0.4) is 0 Å². The Bertz CT molecular complexity index is 936. The Morgan fingerprint density at radius 1 is 1.00 bits per heavy atom. The highest BCUT2D eigenvalue weighted by Crippen LogP contribution is 2.16. The van der Waals surface area contributed by atoms with Crippen molar-refractivity contribution in [3.8, 4) is 5.75 Å². The molecule has 0 bridgehead atoms. The summed E-state index contributed by atoms with van der Waals surface area (Å²) in [5.41, 5.74) is 0.971. The van der Waals surface area contributed by atoms with Gasteiger partial charge in [-0.3, -0.25) is 9.52 Å². The number of esters is 1. The van der Waals surface area contributed by atoms with E-state index in [0.29, 0.717) is 29.2 Å². The molecule has 1 unspecified atom stereocenters. The predicted molar refractivity (Wildman–Crippen MR) is 111 cm³/mol. The maximum atomic E-state index is 12.5. The SMILES string of the molecule is CCCCOc1ccc(C(=O)OC(C)C(=O)c2ccc(NS(C)(=O)=O)cc2)cc1. The summed E-state index contributed by atoms with van der Waals surface area (Å²) < 4.78 is 35.6. The molecule has 8 heteroatoms. The van der Waals surface area contributed by atoms with E-state index in [1.165, 1.54) is 31.2 Å². The van der Waals surface area contributed by atoms with E-state index in [4.69, 9.17) is 9.47 Å². The minimum absolute atomic E-state index is 0.309. The normalized spacial score (nSPS) is 12.1. The number of ketones is 1. The van der Waals surface area contributed by atoms with E-state index in [2.05, 4.69) is 11.6 Å². The van der Waals surface area contributed by atoms with E-state index >= 15 is 0 Å². The minimum atomic E-state index is -3.40. The average Bonchev–Trinajstić information content (AvgIpc) is 2.67. The number of hydrogen-bond donors (Lipinski definition) is 1. The van der Waals surface area contributed by atoms with Gasteiger partial charge in [0.1, 0.15) is 5.75 Å². The molecule has 2 aromatic carbocycles. The number of sulfonamides is 1. The number of carbonyl (C=O) groups excluding carboxylic acids is 2. The summed E-state index contributed by atoms with van der Waals surface area (Å²) >= 11 is 0. The number of rotatable bonds is 10. The molecule has 0 heterocycles. The van der Waals surface area contributed by atoms with E-state index in [0.717, 1.165) is 19.1 Å². The van der Waals surface area contributed by atoms with E-state index < -0.39 is 22.1 Å². The van der Waals surface area contributed by atoms with E-state index in [1.54, 1.807) is 24.3 Å². The zero-order valence-electron chi connectivity index (χ0n) is 16.7. The summed E-state index contributed by atoms with van der Waals surface area (Å²) in [4.78, 5) is 24.8. The Balaban J connectivity index is 1.95. The molecule has 0 radical (unpaired) electrons.